The van der Waals surface area contributed by atoms with Crippen LogP contribution in [0, 0.1) is 18.3 Å². The van der Waals surface area contributed by atoms with Crippen molar-refractivity contribution in [3.8, 4) is 23.0 Å². The number of pyridine rings is 1. The molecule has 0 amide bonds. The molecule has 0 radical (unpaired) electrons. The largest absolute Gasteiger partial charge is 0.299 e. The van der Waals surface area contributed by atoms with E-state index in [1.807, 2.05) is 25.1 Å². The Labute approximate surface area is 221 Å². The molecule has 2 heterocycles. The van der Waals surface area contributed by atoms with Crippen molar-refractivity contribution in [2.75, 3.05) is 0 Å². The van der Waals surface area contributed by atoms with Crippen LogP contribution >= 0.6 is 23.2 Å². The number of rotatable bonds is 4. The molecule has 0 unspecified atom stereocenters. The van der Waals surface area contributed by atoms with Crippen molar-refractivity contribution in [1.29, 1.82) is 5.26 Å². The van der Waals surface area contributed by atoms with Crippen LogP contribution in [0.3, 0.4) is 0 Å². The normalized spacial score (nSPS) is 11.2. The first-order valence-electron chi connectivity index (χ1n) is 11.1. The van der Waals surface area contributed by atoms with E-state index in [0.29, 0.717) is 26.9 Å². The molecular formula is C28H17Cl2N5O2. The first-order chi connectivity index (χ1) is 17.9. The molecule has 0 aliphatic rings. The van der Waals surface area contributed by atoms with Gasteiger partial charge in [0.25, 0.3) is 11.1 Å². The van der Waals surface area contributed by atoms with E-state index in [2.05, 4.69) is 10.2 Å². The molecule has 9 heteroatoms. The molecule has 7 nitrogen and oxygen atoms in total. The van der Waals surface area contributed by atoms with Crippen LogP contribution in [0.1, 0.15) is 16.7 Å². The van der Waals surface area contributed by atoms with Gasteiger partial charge in [0.1, 0.15) is 11.6 Å². The average molecular weight is 526 g/mol. The van der Waals surface area contributed by atoms with Crippen LogP contribution in [0.25, 0.3) is 27.8 Å². The zero-order valence-corrected chi connectivity index (χ0v) is 20.9. The third-order valence-electron chi connectivity index (χ3n) is 5.79. The van der Waals surface area contributed by atoms with Crippen molar-refractivity contribution in [3.05, 3.63) is 126 Å². The Morgan fingerprint density at radius 3 is 2.27 bits per heavy atom. The summed E-state index contributed by atoms with van der Waals surface area (Å²) in [6, 6.07) is 24.5. The average Bonchev–Trinajstić information content (AvgIpc) is 2.90. The van der Waals surface area contributed by atoms with Crippen LogP contribution in [-0.2, 0) is 0 Å². The van der Waals surface area contributed by atoms with E-state index in [1.165, 1.54) is 12.3 Å². The Hall–Kier alpha value is -4.51. The molecular weight excluding hydrogens is 509 g/mol. The summed E-state index contributed by atoms with van der Waals surface area (Å²) >= 11 is 12.7. The van der Waals surface area contributed by atoms with Gasteiger partial charge < -0.3 is 0 Å². The van der Waals surface area contributed by atoms with Crippen LogP contribution in [0.2, 0.25) is 10.0 Å². The summed E-state index contributed by atoms with van der Waals surface area (Å²) in [5.41, 5.74) is 1.21. The number of aromatic nitrogens is 3. The number of hydrogen-bond donors (Lipinski definition) is 0. The van der Waals surface area contributed by atoms with Crippen molar-refractivity contribution in [1.82, 2.24) is 14.5 Å². The van der Waals surface area contributed by atoms with Crippen molar-refractivity contribution in [2.24, 2.45) is 5.10 Å². The molecule has 0 fully saturated rings. The van der Waals surface area contributed by atoms with Gasteiger partial charge in [-0.2, -0.15) is 24.8 Å². The molecule has 0 N–H and O–H groups in total. The molecule has 37 heavy (non-hydrogen) atoms. The van der Waals surface area contributed by atoms with Gasteiger partial charge in [-0.1, -0.05) is 77.3 Å². The lowest BCUT2D eigenvalue weighted by Gasteiger charge is -2.13. The van der Waals surface area contributed by atoms with Gasteiger partial charge in [-0.15, -0.1) is 0 Å². The minimum absolute atomic E-state index is 0.0937. The SMILES string of the molecule is Cc1ccc(-n2nc3c(=O)n(/N=C/c4ccccc4Cl)c(-c4ccccc4Cl)cc3c(C#N)c2=O)cc1. The highest BCUT2D eigenvalue weighted by Crippen LogP contribution is 2.29. The predicted molar refractivity (Wildman–Crippen MR) is 146 cm³/mol. The van der Waals surface area contributed by atoms with E-state index in [1.54, 1.807) is 60.7 Å². The summed E-state index contributed by atoms with van der Waals surface area (Å²) in [7, 11) is 0. The zero-order chi connectivity index (χ0) is 26.1. The summed E-state index contributed by atoms with van der Waals surface area (Å²) < 4.78 is 2.20. The molecule has 0 saturated carbocycles. The number of hydrogen-bond acceptors (Lipinski definition) is 5. The molecule has 5 rings (SSSR count). The second-order valence-corrected chi connectivity index (χ2v) is 9.01. The van der Waals surface area contributed by atoms with Crippen LogP contribution in [0.15, 0.2) is 93.6 Å². The third kappa shape index (κ3) is 4.45. The molecule has 5 aromatic rings. The smallest absolute Gasteiger partial charge is 0.266 e. The molecule has 3 aromatic carbocycles. The first-order valence-corrected chi connectivity index (χ1v) is 11.9. The lowest BCUT2D eigenvalue weighted by molar-refractivity contribution is 0.801. The van der Waals surface area contributed by atoms with Crippen LogP contribution in [0.4, 0.5) is 0 Å². The fourth-order valence-corrected chi connectivity index (χ4v) is 4.31. The highest BCUT2D eigenvalue weighted by molar-refractivity contribution is 6.33. The first kappa shape index (κ1) is 24.2. The monoisotopic (exact) mass is 525 g/mol. The van der Waals surface area contributed by atoms with Gasteiger partial charge in [0.05, 0.1) is 17.6 Å². The maximum absolute atomic E-state index is 13.8. The second-order valence-electron chi connectivity index (χ2n) is 8.19. The standard InChI is InChI=1S/C28H17Cl2N5O2/c1-17-10-12-19(13-11-17)34-27(36)22(15-31)21-14-25(20-7-3-5-9-24(20)30)35(28(37)26(21)33-34)32-16-18-6-2-4-8-23(18)29/h2-14,16H,1H3/b32-16+. The van der Waals surface area contributed by atoms with Gasteiger partial charge in [0.2, 0.25) is 0 Å². The number of halogens is 2. The summed E-state index contributed by atoms with van der Waals surface area (Å²) in [5, 5.41) is 19.6. The molecule has 0 spiro atoms. The maximum atomic E-state index is 13.8. The van der Waals surface area contributed by atoms with Gasteiger partial charge in [-0.25, -0.2) is 0 Å². The minimum Gasteiger partial charge on any atom is -0.266 e. The van der Waals surface area contributed by atoms with Crippen molar-refractivity contribution in [2.45, 2.75) is 6.92 Å². The number of nitrogens with zero attached hydrogens (tertiary/aromatic N) is 5. The van der Waals surface area contributed by atoms with Crippen LogP contribution < -0.4 is 11.1 Å². The number of nitriles is 1. The minimum atomic E-state index is -0.638. The van der Waals surface area contributed by atoms with E-state index in [0.717, 1.165) is 14.9 Å². The van der Waals surface area contributed by atoms with Crippen LogP contribution in [0.5, 0.6) is 0 Å². The van der Waals surface area contributed by atoms with Gasteiger partial charge >= 0.3 is 0 Å². The summed E-state index contributed by atoms with van der Waals surface area (Å²) in [4.78, 5) is 27.1. The number of aryl methyl sites for hydroxylation is 1. The Morgan fingerprint density at radius 2 is 1.59 bits per heavy atom. The van der Waals surface area contributed by atoms with Gasteiger partial charge in [-0.05, 0) is 37.3 Å². The third-order valence-corrected chi connectivity index (χ3v) is 6.47. The van der Waals surface area contributed by atoms with Crippen molar-refractivity contribution < 1.29 is 0 Å². The van der Waals surface area contributed by atoms with E-state index >= 15 is 0 Å². The fourth-order valence-electron chi connectivity index (χ4n) is 3.89. The second kappa shape index (κ2) is 9.86. The lowest BCUT2D eigenvalue weighted by atomic mass is 10.1. The topological polar surface area (TPSA) is 93.0 Å². The van der Waals surface area contributed by atoms with Crippen molar-refractivity contribution in [3.63, 3.8) is 0 Å². The van der Waals surface area contributed by atoms with E-state index < -0.39 is 11.1 Å². The molecule has 0 aliphatic heterocycles. The molecule has 0 aliphatic carbocycles. The predicted octanol–water partition coefficient (Wildman–Crippen LogP) is 5.58. The number of benzene rings is 3. The Morgan fingerprint density at radius 1 is 0.919 bits per heavy atom. The molecule has 0 saturated heterocycles. The lowest BCUT2D eigenvalue weighted by Crippen LogP contribution is -2.29. The van der Waals surface area contributed by atoms with Crippen LogP contribution in [-0.4, -0.2) is 20.7 Å². The zero-order valence-electron chi connectivity index (χ0n) is 19.4. The van der Waals surface area contributed by atoms with Gasteiger partial charge in [0, 0.05) is 26.6 Å². The Kier molecular flexibility index (Phi) is 6.45. The van der Waals surface area contributed by atoms with E-state index in [9.17, 15) is 14.9 Å². The van der Waals surface area contributed by atoms with Gasteiger partial charge in [0.15, 0.2) is 5.52 Å². The Balaban J connectivity index is 1.87. The fraction of sp³-hybridized carbons (Fsp3) is 0.0357. The van der Waals surface area contributed by atoms with Crippen molar-refractivity contribution >= 4 is 40.3 Å². The molecule has 180 valence electrons. The Bertz CT molecular complexity index is 1870. The molecule has 2 aromatic heterocycles. The summed E-state index contributed by atoms with van der Waals surface area (Å²) in [5.74, 6) is 0. The molecule has 0 atom stereocenters. The van der Waals surface area contributed by atoms with E-state index in [-0.39, 0.29) is 22.2 Å². The van der Waals surface area contributed by atoms with E-state index in [4.69, 9.17) is 23.2 Å². The molecule has 0 bridgehead atoms. The summed E-state index contributed by atoms with van der Waals surface area (Å²) in [6.07, 6.45) is 1.46. The maximum Gasteiger partial charge on any atom is 0.299 e. The highest BCUT2D eigenvalue weighted by Gasteiger charge is 2.20. The summed E-state index contributed by atoms with van der Waals surface area (Å²) in [6.45, 7) is 1.91. The quantitative estimate of drug-likeness (QED) is 0.286. The number of fused-ring (bicyclic) bond motifs is 1. The van der Waals surface area contributed by atoms with Gasteiger partial charge in [-0.3, -0.25) is 9.59 Å². The highest BCUT2D eigenvalue weighted by atomic mass is 35.5.